The van der Waals surface area contributed by atoms with Gasteiger partial charge in [0.25, 0.3) is 10.1 Å². The molecule has 3 aromatic carbocycles. The van der Waals surface area contributed by atoms with Gasteiger partial charge in [0.15, 0.2) is 0 Å². The molecule has 0 aromatic heterocycles. The number of sulfonamides is 1. The van der Waals surface area contributed by atoms with Crippen molar-refractivity contribution in [3.05, 3.63) is 71.3 Å². The van der Waals surface area contributed by atoms with Gasteiger partial charge in [0, 0.05) is 79.8 Å². The molecule has 1 heterocycles. The topological polar surface area (TPSA) is 107 Å². The lowest BCUT2D eigenvalue weighted by molar-refractivity contribution is 0.409. The van der Waals surface area contributed by atoms with Crippen molar-refractivity contribution in [1.29, 1.82) is 0 Å². The van der Waals surface area contributed by atoms with Crippen molar-refractivity contribution < 1.29 is 26.1 Å². The second kappa shape index (κ2) is 13.9. The summed E-state index contributed by atoms with van der Waals surface area (Å²) in [5.74, 6) is 0.527. The predicted molar refractivity (Wildman–Crippen MR) is 177 cm³/mol. The SMILES string of the molecule is CCCN(CCC)S(=O)(=O)c1ccc(C2c3ccc(N(CC)CC)cc3Oc3cc(N(CC)CC)ccc32)c(S(=O)(=O)O)c1. The van der Waals surface area contributed by atoms with Crippen molar-refractivity contribution in [3.63, 3.8) is 0 Å². The van der Waals surface area contributed by atoms with E-state index in [0.29, 0.717) is 37.4 Å². The van der Waals surface area contributed by atoms with E-state index in [2.05, 4.69) is 37.5 Å². The molecule has 0 radical (unpaired) electrons. The molecule has 1 aliphatic heterocycles. The fraction of sp³-hybridized carbons (Fsp3) is 0.455. The minimum atomic E-state index is -4.82. The zero-order valence-electron chi connectivity index (χ0n) is 26.6. The molecule has 0 spiro atoms. The minimum Gasteiger partial charge on any atom is -0.457 e. The van der Waals surface area contributed by atoms with Crippen LogP contribution in [0.5, 0.6) is 11.5 Å². The Bertz CT molecular complexity index is 1620. The van der Waals surface area contributed by atoms with Crippen LogP contribution in [0.4, 0.5) is 11.4 Å². The molecule has 240 valence electrons. The second-order valence-corrected chi connectivity index (χ2v) is 14.2. The van der Waals surface area contributed by atoms with Crippen LogP contribution in [0.25, 0.3) is 0 Å². The average Bonchev–Trinajstić information content (AvgIpc) is 3.00. The predicted octanol–water partition coefficient (Wildman–Crippen LogP) is 6.72. The minimum absolute atomic E-state index is 0.169. The quantitative estimate of drug-likeness (QED) is 0.151. The molecule has 0 aliphatic carbocycles. The zero-order chi connectivity index (χ0) is 32.2. The van der Waals surface area contributed by atoms with E-state index in [-0.39, 0.29) is 10.5 Å². The van der Waals surface area contributed by atoms with Crippen LogP contribution < -0.4 is 14.5 Å². The summed E-state index contributed by atoms with van der Waals surface area (Å²) in [6.07, 6.45) is 1.23. The van der Waals surface area contributed by atoms with Gasteiger partial charge in [-0.05, 0) is 70.4 Å². The first-order chi connectivity index (χ1) is 20.9. The van der Waals surface area contributed by atoms with E-state index < -0.39 is 31.0 Å². The third kappa shape index (κ3) is 6.61. The third-order valence-electron chi connectivity index (χ3n) is 8.25. The largest absolute Gasteiger partial charge is 0.457 e. The molecular formula is C33H45N3O6S2. The van der Waals surface area contributed by atoms with E-state index >= 15 is 0 Å². The number of nitrogens with zero attached hydrogens (tertiary/aromatic N) is 3. The van der Waals surface area contributed by atoms with Gasteiger partial charge in [-0.1, -0.05) is 32.0 Å². The average molecular weight is 644 g/mol. The lowest BCUT2D eigenvalue weighted by Crippen LogP contribution is -2.32. The highest BCUT2D eigenvalue weighted by molar-refractivity contribution is 7.89. The van der Waals surface area contributed by atoms with Gasteiger partial charge in [-0.15, -0.1) is 0 Å². The monoisotopic (exact) mass is 643 g/mol. The summed E-state index contributed by atoms with van der Waals surface area (Å²) in [6, 6.07) is 15.8. The van der Waals surface area contributed by atoms with Gasteiger partial charge < -0.3 is 14.5 Å². The Morgan fingerprint density at radius 1 is 0.659 bits per heavy atom. The summed E-state index contributed by atoms with van der Waals surface area (Å²) in [5, 5.41) is 0. The lowest BCUT2D eigenvalue weighted by Gasteiger charge is -2.32. The number of hydrogen-bond acceptors (Lipinski definition) is 7. The van der Waals surface area contributed by atoms with E-state index in [9.17, 15) is 21.4 Å². The van der Waals surface area contributed by atoms with E-state index in [1.165, 1.54) is 16.4 Å². The number of ether oxygens (including phenoxy) is 1. The summed E-state index contributed by atoms with van der Waals surface area (Å²) >= 11 is 0. The van der Waals surface area contributed by atoms with Crippen molar-refractivity contribution in [3.8, 4) is 11.5 Å². The van der Waals surface area contributed by atoms with Crippen LogP contribution in [0.15, 0.2) is 64.4 Å². The Morgan fingerprint density at radius 3 is 1.52 bits per heavy atom. The summed E-state index contributed by atoms with van der Waals surface area (Å²) < 4.78 is 71.5. The van der Waals surface area contributed by atoms with Crippen LogP contribution in [0.1, 0.15) is 77.0 Å². The molecular weight excluding hydrogens is 599 g/mol. The number of anilines is 2. The standard InChI is InChI=1S/C33H45N3O6S2/c1-7-19-36(20-8-2)43(37,38)26-15-18-29(32(23-26)44(39,40)41)33-27-16-13-24(34(9-3)10-4)21-30(27)42-31-22-25(14-17-28(31)33)35(11-5)12-6/h13-18,21-23,33H,7-12,19-20H2,1-6H3,(H,39,40,41). The van der Waals surface area contributed by atoms with Crippen molar-refractivity contribution >= 4 is 31.5 Å². The maximum Gasteiger partial charge on any atom is 0.294 e. The summed E-state index contributed by atoms with van der Waals surface area (Å²) in [5.41, 5.74) is 3.67. The zero-order valence-corrected chi connectivity index (χ0v) is 28.2. The third-order valence-corrected chi connectivity index (χ3v) is 11.1. The van der Waals surface area contributed by atoms with Crippen molar-refractivity contribution in [2.45, 2.75) is 70.1 Å². The number of benzene rings is 3. The van der Waals surface area contributed by atoms with Gasteiger partial charge >= 0.3 is 0 Å². The van der Waals surface area contributed by atoms with Gasteiger partial charge in [-0.2, -0.15) is 12.7 Å². The Hall–Kier alpha value is -3.12. The molecule has 0 fully saturated rings. The first-order valence-corrected chi connectivity index (χ1v) is 18.4. The molecule has 0 unspecified atom stereocenters. The van der Waals surface area contributed by atoms with Crippen molar-refractivity contribution in [2.24, 2.45) is 0 Å². The van der Waals surface area contributed by atoms with Crippen molar-refractivity contribution in [1.82, 2.24) is 4.31 Å². The van der Waals surface area contributed by atoms with Crippen LogP contribution in [0, 0.1) is 0 Å². The van der Waals surface area contributed by atoms with Crippen LogP contribution >= 0.6 is 0 Å². The van der Waals surface area contributed by atoms with Crippen LogP contribution in [0.2, 0.25) is 0 Å². The fourth-order valence-electron chi connectivity index (χ4n) is 6.03. The molecule has 0 atom stereocenters. The number of fused-ring (bicyclic) bond motifs is 2. The number of hydrogen-bond donors (Lipinski definition) is 1. The lowest BCUT2D eigenvalue weighted by atomic mass is 9.82. The normalized spacial score (nSPS) is 13.4. The molecule has 1 N–H and O–H groups in total. The molecule has 1 aliphatic rings. The van der Waals surface area contributed by atoms with E-state index in [1.54, 1.807) is 0 Å². The van der Waals surface area contributed by atoms with E-state index in [0.717, 1.165) is 54.7 Å². The van der Waals surface area contributed by atoms with Gasteiger partial charge in [0.05, 0.1) is 9.79 Å². The van der Waals surface area contributed by atoms with Gasteiger partial charge in [0.2, 0.25) is 10.0 Å². The first-order valence-electron chi connectivity index (χ1n) is 15.5. The summed E-state index contributed by atoms with van der Waals surface area (Å²) in [4.78, 5) is 3.79. The molecule has 11 heteroatoms. The highest BCUT2D eigenvalue weighted by Gasteiger charge is 2.35. The fourth-order valence-corrected chi connectivity index (χ4v) is 8.51. The van der Waals surface area contributed by atoms with Gasteiger partial charge in [-0.3, -0.25) is 4.55 Å². The van der Waals surface area contributed by atoms with Gasteiger partial charge in [0.1, 0.15) is 11.5 Å². The molecule has 0 amide bonds. The Labute approximate surface area is 263 Å². The van der Waals surface area contributed by atoms with Crippen LogP contribution in [-0.4, -0.2) is 65.0 Å². The van der Waals surface area contributed by atoms with Gasteiger partial charge in [-0.25, -0.2) is 8.42 Å². The summed E-state index contributed by atoms with van der Waals surface area (Å²) in [7, 11) is -8.82. The molecule has 0 bridgehead atoms. The molecule has 4 rings (SSSR count). The summed E-state index contributed by atoms with van der Waals surface area (Å²) in [6.45, 7) is 15.9. The highest BCUT2D eigenvalue weighted by Crippen LogP contribution is 2.50. The van der Waals surface area contributed by atoms with Crippen molar-refractivity contribution in [2.75, 3.05) is 49.1 Å². The van der Waals surface area contributed by atoms with E-state index in [1.807, 2.05) is 50.2 Å². The van der Waals surface area contributed by atoms with Crippen LogP contribution in [-0.2, 0) is 20.1 Å². The Morgan fingerprint density at radius 2 is 1.11 bits per heavy atom. The van der Waals surface area contributed by atoms with E-state index in [4.69, 9.17) is 4.74 Å². The Balaban J connectivity index is 1.97. The first kappa shape index (κ1) is 33.8. The highest BCUT2D eigenvalue weighted by atomic mass is 32.2. The molecule has 0 saturated heterocycles. The smallest absolute Gasteiger partial charge is 0.294 e. The molecule has 3 aromatic rings. The molecule has 0 saturated carbocycles. The number of rotatable bonds is 14. The second-order valence-electron chi connectivity index (χ2n) is 10.9. The van der Waals surface area contributed by atoms with Crippen LogP contribution in [0.3, 0.4) is 0 Å². The maximum atomic E-state index is 13.6. The molecule has 44 heavy (non-hydrogen) atoms. The maximum absolute atomic E-state index is 13.6. The Kier molecular flexibility index (Phi) is 10.7. The molecule has 9 nitrogen and oxygen atoms in total.